The fourth-order valence-corrected chi connectivity index (χ4v) is 9.56. The Bertz CT molecular complexity index is 2770. The molecule has 0 fully saturated rings. The van der Waals surface area contributed by atoms with Crippen LogP contribution in [0.25, 0.3) is 34.4 Å². The highest BCUT2D eigenvalue weighted by atomic mass is 15.1. The molecule has 2 heteroatoms. The Morgan fingerprint density at radius 3 is 1.50 bits per heavy atom. The summed E-state index contributed by atoms with van der Waals surface area (Å²) >= 11 is 0. The second-order valence-electron chi connectivity index (χ2n) is 16.9. The predicted molar refractivity (Wildman–Crippen MR) is 247 cm³/mol. The van der Waals surface area contributed by atoms with E-state index in [-0.39, 0.29) is 10.8 Å². The summed E-state index contributed by atoms with van der Waals surface area (Å²) < 4.78 is 0. The molecule has 0 radical (unpaired) electrons. The van der Waals surface area contributed by atoms with Crippen LogP contribution in [0.5, 0.6) is 0 Å². The molecular formula is C56H48N2. The number of hydrogen-bond acceptors (Lipinski definition) is 2. The smallest absolute Gasteiger partial charge is 0.0465 e. The zero-order valence-corrected chi connectivity index (χ0v) is 33.8. The lowest BCUT2D eigenvalue weighted by molar-refractivity contribution is 0.660. The average Bonchev–Trinajstić information content (AvgIpc) is 3.63. The Balaban J connectivity index is 0.931. The second kappa shape index (κ2) is 14.1. The van der Waals surface area contributed by atoms with Crippen LogP contribution in [0, 0.1) is 0 Å². The van der Waals surface area contributed by atoms with Gasteiger partial charge in [-0.25, -0.2) is 0 Å². The third kappa shape index (κ3) is 6.03. The van der Waals surface area contributed by atoms with E-state index in [1.807, 2.05) is 0 Å². The molecule has 0 amide bonds. The first kappa shape index (κ1) is 35.8. The number of anilines is 5. The van der Waals surface area contributed by atoms with E-state index in [2.05, 4.69) is 232 Å². The van der Waals surface area contributed by atoms with E-state index in [1.54, 1.807) is 0 Å². The molecule has 0 atom stereocenters. The van der Waals surface area contributed by atoms with Gasteiger partial charge in [-0.15, -0.1) is 0 Å². The van der Waals surface area contributed by atoms with Crippen LogP contribution >= 0.6 is 0 Å². The minimum atomic E-state index is -0.137. The van der Waals surface area contributed by atoms with E-state index in [9.17, 15) is 0 Å². The molecular weight excluding hydrogens is 701 g/mol. The molecule has 0 spiro atoms. The summed E-state index contributed by atoms with van der Waals surface area (Å²) in [4.78, 5) is 4.78. The van der Waals surface area contributed by atoms with E-state index < -0.39 is 0 Å². The van der Waals surface area contributed by atoms with E-state index in [0.29, 0.717) is 0 Å². The first-order valence-electron chi connectivity index (χ1n) is 20.7. The Morgan fingerprint density at radius 2 is 0.862 bits per heavy atom. The molecule has 0 heterocycles. The first-order valence-corrected chi connectivity index (χ1v) is 20.7. The third-order valence-corrected chi connectivity index (χ3v) is 12.6. The number of rotatable bonds is 8. The predicted octanol–water partition coefficient (Wildman–Crippen LogP) is 15.3. The van der Waals surface area contributed by atoms with Gasteiger partial charge in [-0.05, 0) is 135 Å². The number of hydrogen-bond donors (Lipinski definition) is 0. The van der Waals surface area contributed by atoms with Crippen LogP contribution in [0.2, 0.25) is 0 Å². The van der Waals surface area contributed by atoms with Crippen molar-refractivity contribution in [2.75, 3.05) is 9.80 Å². The standard InChI is InChI=1S/C56H48N2/c1-55(2)51-23-15-14-22-47(51)49-34-31-46(37-53(49)55)58(43-20-12-7-13-21-43)44-29-26-39(27-30-44)24-25-40-28-33-48-50-35-32-45(38-54(50)56(3,4)52(48)36-40)57(41-16-8-5-9-17-41)42-18-10-6-11-19-42/h5,7-10,12-38H,6,11H2,1-4H3/b25-24+. The molecule has 7 aromatic rings. The maximum atomic E-state index is 2.42. The van der Waals surface area contributed by atoms with Crippen molar-refractivity contribution < 1.29 is 0 Å². The van der Waals surface area contributed by atoms with Crippen molar-refractivity contribution in [3.05, 3.63) is 221 Å². The Hall–Kier alpha value is -6.64. The lowest BCUT2D eigenvalue weighted by Gasteiger charge is -2.29. The zero-order chi connectivity index (χ0) is 39.4. The Labute approximate surface area is 343 Å². The maximum Gasteiger partial charge on any atom is 0.0465 e. The summed E-state index contributed by atoms with van der Waals surface area (Å²) in [5.74, 6) is 0. The van der Waals surface area contributed by atoms with E-state index >= 15 is 0 Å². The summed E-state index contributed by atoms with van der Waals surface area (Å²) in [5.41, 5.74) is 20.1. The molecule has 58 heavy (non-hydrogen) atoms. The van der Waals surface area contributed by atoms with Gasteiger partial charge >= 0.3 is 0 Å². The van der Waals surface area contributed by atoms with Crippen molar-refractivity contribution in [1.82, 2.24) is 0 Å². The minimum absolute atomic E-state index is 0.0641. The van der Waals surface area contributed by atoms with Crippen LogP contribution in [-0.4, -0.2) is 0 Å². The number of para-hydroxylation sites is 2. The molecule has 3 aliphatic rings. The molecule has 10 rings (SSSR count). The summed E-state index contributed by atoms with van der Waals surface area (Å²) in [6.45, 7) is 9.44. The number of allylic oxidation sites excluding steroid dienone is 3. The van der Waals surface area contributed by atoms with Crippen LogP contribution < -0.4 is 9.80 Å². The molecule has 0 aromatic heterocycles. The van der Waals surface area contributed by atoms with Crippen molar-refractivity contribution in [2.24, 2.45) is 0 Å². The van der Waals surface area contributed by atoms with Crippen molar-refractivity contribution in [1.29, 1.82) is 0 Å². The van der Waals surface area contributed by atoms with Crippen LogP contribution in [0.15, 0.2) is 188 Å². The maximum absolute atomic E-state index is 2.42. The molecule has 7 aromatic carbocycles. The van der Waals surface area contributed by atoms with Gasteiger partial charge in [0, 0.05) is 45.0 Å². The van der Waals surface area contributed by atoms with E-state index in [4.69, 9.17) is 0 Å². The minimum Gasteiger partial charge on any atom is -0.311 e. The summed E-state index contributed by atoms with van der Waals surface area (Å²) in [6.07, 6.45) is 13.6. The first-order chi connectivity index (χ1) is 28.3. The third-order valence-electron chi connectivity index (χ3n) is 12.6. The molecule has 3 aliphatic carbocycles. The van der Waals surface area contributed by atoms with E-state index in [0.717, 1.165) is 24.2 Å². The quantitative estimate of drug-likeness (QED) is 0.143. The highest BCUT2D eigenvalue weighted by molar-refractivity contribution is 5.87. The topological polar surface area (TPSA) is 6.48 Å². The van der Waals surface area contributed by atoms with Crippen molar-refractivity contribution >= 4 is 40.6 Å². The SMILES string of the molecule is CC1(C)c2cc(/C=C/c3ccc(N(c4ccccc4)c4ccc5c(c4)C(C)(C)c4ccccc4-5)cc3)ccc2-c2ccc(N(C3=CCCC=C3)c3ccccc3)cc21. The molecule has 0 bridgehead atoms. The fourth-order valence-electron chi connectivity index (χ4n) is 9.56. The molecule has 0 aliphatic heterocycles. The van der Waals surface area contributed by atoms with Crippen molar-refractivity contribution in [3.63, 3.8) is 0 Å². The van der Waals surface area contributed by atoms with Gasteiger partial charge in [0.15, 0.2) is 0 Å². The highest BCUT2D eigenvalue weighted by Gasteiger charge is 2.37. The van der Waals surface area contributed by atoms with Gasteiger partial charge in [-0.1, -0.05) is 155 Å². The second-order valence-corrected chi connectivity index (χ2v) is 16.9. The van der Waals surface area contributed by atoms with Crippen molar-refractivity contribution in [3.8, 4) is 22.3 Å². The van der Waals surface area contributed by atoms with Gasteiger partial charge in [-0.2, -0.15) is 0 Å². The molecule has 0 saturated carbocycles. The van der Waals surface area contributed by atoms with Crippen LogP contribution in [0.1, 0.15) is 73.9 Å². The largest absolute Gasteiger partial charge is 0.311 e. The number of nitrogens with zero attached hydrogens (tertiary/aromatic N) is 2. The monoisotopic (exact) mass is 748 g/mol. The normalized spacial score (nSPS) is 15.3. The number of fused-ring (bicyclic) bond motifs is 6. The van der Waals surface area contributed by atoms with Gasteiger partial charge in [0.1, 0.15) is 0 Å². The van der Waals surface area contributed by atoms with Gasteiger partial charge in [0.25, 0.3) is 0 Å². The number of benzene rings is 7. The fraction of sp³-hybridized carbons (Fsp3) is 0.143. The summed E-state index contributed by atoms with van der Waals surface area (Å²) in [5, 5.41) is 0. The average molecular weight is 749 g/mol. The van der Waals surface area contributed by atoms with E-state index in [1.165, 1.54) is 78.4 Å². The molecule has 0 saturated heterocycles. The van der Waals surface area contributed by atoms with Gasteiger partial charge in [0.05, 0.1) is 0 Å². The van der Waals surface area contributed by atoms with Crippen LogP contribution in [-0.2, 0) is 10.8 Å². The molecule has 282 valence electrons. The molecule has 0 N–H and O–H groups in total. The molecule has 0 unspecified atom stereocenters. The van der Waals surface area contributed by atoms with Gasteiger partial charge < -0.3 is 9.80 Å². The zero-order valence-electron chi connectivity index (χ0n) is 33.8. The Morgan fingerprint density at radius 1 is 0.397 bits per heavy atom. The van der Waals surface area contributed by atoms with Crippen molar-refractivity contribution in [2.45, 2.75) is 51.4 Å². The summed E-state index contributed by atoms with van der Waals surface area (Å²) in [7, 11) is 0. The summed E-state index contributed by atoms with van der Waals surface area (Å²) in [6, 6.07) is 60.3. The molecule has 2 nitrogen and oxygen atoms in total. The highest BCUT2D eigenvalue weighted by Crippen LogP contribution is 2.52. The van der Waals surface area contributed by atoms with Crippen LogP contribution in [0.4, 0.5) is 28.4 Å². The van der Waals surface area contributed by atoms with Crippen LogP contribution in [0.3, 0.4) is 0 Å². The Kier molecular flexibility index (Phi) is 8.68. The van der Waals surface area contributed by atoms with Gasteiger partial charge in [-0.3, -0.25) is 0 Å². The lowest BCUT2D eigenvalue weighted by atomic mass is 9.81. The lowest BCUT2D eigenvalue weighted by Crippen LogP contribution is -2.19. The van der Waals surface area contributed by atoms with Gasteiger partial charge in [0.2, 0.25) is 0 Å².